The summed E-state index contributed by atoms with van der Waals surface area (Å²) >= 11 is 0. The molecule has 0 radical (unpaired) electrons. The summed E-state index contributed by atoms with van der Waals surface area (Å²) in [6, 6.07) is 5.55. The van der Waals surface area contributed by atoms with Gasteiger partial charge < -0.3 is 8.83 Å². The van der Waals surface area contributed by atoms with Crippen LogP contribution in [0.4, 0.5) is 0 Å². The smallest absolute Gasteiger partial charge is 0.347 e. The van der Waals surface area contributed by atoms with Gasteiger partial charge in [-0.3, -0.25) is 0 Å². The molecule has 0 bridgehead atoms. The van der Waals surface area contributed by atoms with Gasteiger partial charge in [-0.1, -0.05) is 6.07 Å². The average Bonchev–Trinajstić information content (AvgIpc) is 2.47. The van der Waals surface area contributed by atoms with Gasteiger partial charge in [-0.15, -0.1) is 0 Å². The zero-order valence-corrected chi connectivity index (χ0v) is 11.7. The van der Waals surface area contributed by atoms with Crippen molar-refractivity contribution in [3.63, 3.8) is 0 Å². The van der Waals surface area contributed by atoms with E-state index in [-0.39, 0.29) is 5.63 Å². The molecule has 0 aliphatic heterocycles. The Kier molecular flexibility index (Phi) is 2.55. The third kappa shape index (κ3) is 1.75. The van der Waals surface area contributed by atoms with Crippen LogP contribution in [0, 0.1) is 6.92 Å². The fraction of sp³-hybridized carbons (Fsp3) is 0.294. The maximum Gasteiger partial charge on any atom is 0.347 e. The molecule has 0 atom stereocenters. The average molecular weight is 282 g/mol. The topological polar surface area (TPSA) is 60.4 Å². The molecule has 1 aromatic carbocycles. The van der Waals surface area contributed by atoms with Crippen LogP contribution in [0.3, 0.4) is 0 Å². The molecule has 2 aromatic heterocycles. The second kappa shape index (κ2) is 4.32. The summed E-state index contributed by atoms with van der Waals surface area (Å²) < 4.78 is 10.9. The van der Waals surface area contributed by atoms with Gasteiger partial charge in [-0.2, -0.15) is 0 Å². The fourth-order valence-electron chi connectivity index (χ4n) is 3.21. The van der Waals surface area contributed by atoms with Gasteiger partial charge in [0.1, 0.15) is 11.0 Å². The van der Waals surface area contributed by atoms with E-state index in [1.807, 2.05) is 19.1 Å². The summed E-state index contributed by atoms with van der Waals surface area (Å²) in [5.41, 5.74) is 2.56. The van der Waals surface area contributed by atoms with Gasteiger partial charge in [0.25, 0.3) is 0 Å². The molecule has 3 aromatic rings. The lowest BCUT2D eigenvalue weighted by atomic mass is 9.91. The largest absolute Gasteiger partial charge is 0.422 e. The highest BCUT2D eigenvalue weighted by Gasteiger charge is 2.22. The lowest BCUT2D eigenvalue weighted by Crippen LogP contribution is -2.19. The van der Waals surface area contributed by atoms with Crippen molar-refractivity contribution in [3.8, 4) is 0 Å². The van der Waals surface area contributed by atoms with Gasteiger partial charge in [-0.05, 0) is 55.9 Å². The van der Waals surface area contributed by atoms with Crippen molar-refractivity contribution >= 4 is 21.9 Å². The molecule has 2 heterocycles. The van der Waals surface area contributed by atoms with E-state index in [1.54, 1.807) is 6.07 Å². The second-order valence-electron chi connectivity index (χ2n) is 5.65. The first-order valence-electron chi connectivity index (χ1n) is 7.17. The number of rotatable bonds is 0. The van der Waals surface area contributed by atoms with E-state index in [1.165, 1.54) is 0 Å². The minimum absolute atomic E-state index is 0.315. The second-order valence-corrected chi connectivity index (χ2v) is 5.65. The summed E-state index contributed by atoms with van der Waals surface area (Å²) in [6.45, 7) is 1.92. The minimum atomic E-state index is -0.412. The predicted molar refractivity (Wildman–Crippen MR) is 79.9 cm³/mol. The normalized spacial score (nSPS) is 14.5. The van der Waals surface area contributed by atoms with Crippen LogP contribution in [-0.2, 0) is 12.8 Å². The highest BCUT2D eigenvalue weighted by molar-refractivity contribution is 6.01. The highest BCUT2D eigenvalue weighted by atomic mass is 16.4. The molecule has 0 saturated heterocycles. The molecule has 0 spiro atoms. The van der Waals surface area contributed by atoms with Crippen molar-refractivity contribution in [2.24, 2.45) is 0 Å². The quantitative estimate of drug-likeness (QED) is 0.469. The SMILES string of the molecule is Cc1ccc2c(c1)oc(=O)c1c3c(c(=O)oc12)CCCC3. The van der Waals surface area contributed by atoms with E-state index in [4.69, 9.17) is 8.83 Å². The maximum absolute atomic E-state index is 12.4. The van der Waals surface area contributed by atoms with E-state index < -0.39 is 5.63 Å². The van der Waals surface area contributed by atoms with Crippen molar-refractivity contribution in [2.75, 3.05) is 0 Å². The van der Waals surface area contributed by atoms with Crippen molar-refractivity contribution in [1.82, 2.24) is 0 Å². The number of hydrogen-bond donors (Lipinski definition) is 0. The zero-order chi connectivity index (χ0) is 14.6. The Hall–Kier alpha value is -2.36. The predicted octanol–water partition coefficient (Wildman–Crippen LogP) is 3.09. The lowest BCUT2D eigenvalue weighted by Gasteiger charge is -2.15. The Labute approximate surface area is 120 Å². The van der Waals surface area contributed by atoms with Gasteiger partial charge >= 0.3 is 11.3 Å². The van der Waals surface area contributed by atoms with Crippen molar-refractivity contribution < 1.29 is 8.83 Å². The van der Waals surface area contributed by atoms with Gasteiger partial charge in [0.2, 0.25) is 0 Å². The van der Waals surface area contributed by atoms with Crippen LogP contribution in [0.25, 0.3) is 21.9 Å². The first-order valence-corrected chi connectivity index (χ1v) is 7.17. The Balaban J connectivity index is 2.27. The van der Waals surface area contributed by atoms with E-state index >= 15 is 0 Å². The zero-order valence-electron chi connectivity index (χ0n) is 11.7. The number of hydrogen-bond acceptors (Lipinski definition) is 4. The van der Waals surface area contributed by atoms with Crippen LogP contribution in [0.1, 0.15) is 29.5 Å². The monoisotopic (exact) mass is 282 g/mol. The number of fused-ring (bicyclic) bond motifs is 5. The standard InChI is InChI=1S/C17H14O4/c1-9-6-7-12-13(8-9)20-17(19)14-10-4-2-3-5-11(10)16(18)21-15(12)14/h6-8H,2-5H2,1H3. The van der Waals surface area contributed by atoms with Gasteiger partial charge in [0.05, 0.1) is 5.39 Å². The Morgan fingerprint density at radius 3 is 2.52 bits per heavy atom. The van der Waals surface area contributed by atoms with E-state index in [2.05, 4.69) is 0 Å². The van der Waals surface area contributed by atoms with Crippen molar-refractivity contribution in [1.29, 1.82) is 0 Å². The number of benzene rings is 1. The molecule has 1 aliphatic rings. The molecule has 106 valence electrons. The summed E-state index contributed by atoms with van der Waals surface area (Å²) in [5, 5.41) is 1.13. The highest BCUT2D eigenvalue weighted by Crippen LogP contribution is 2.29. The van der Waals surface area contributed by atoms with Crippen molar-refractivity contribution in [2.45, 2.75) is 32.6 Å². The van der Waals surface area contributed by atoms with E-state index in [0.717, 1.165) is 30.4 Å². The maximum atomic E-state index is 12.4. The van der Waals surface area contributed by atoms with Crippen LogP contribution in [0.2, 0.25) is 0 Å². The summed E-state index contributed by atoms with van der Waals surface area (Å²) in [6.07, 6.45) is 3.36. The molecule has 4 heteroatoms. The fourth-order valence-corrected chi connectivity index (χ4v) is 3.21. The molecule has 4 rings (SSSR count). The lowest BCUT2D eigenvalue weighted by molar-refractivity contribution is 0.522. The molecule has 1 aliphatic carbocycles. The molecule has 0 saturated carbocycles. The van der Waals surface area contributed by atoms with Crippen LogP contribution >= 0.6 is 0 Å². The first-order chi connectivity index (χ1) is 10.1. The Morgan fingerprint density at radius 2 is 1.71 bits per heavy atom. The van der Waals surface area contributed by atoms with Crippen LogP contribution < -0.4 is 11.3 Å². The third-order valence-electron chi connectivity index (χ3n) is 4.23. The number of aryl methyl sites for hydroxylation is 2. The summed E-state index contributed by atoms with van der Waals surface area (Å²) in [4.78, 5) is 24.6. The molecule has 21 heavy (non-hydrogen) atoms. The summed E-state index contributed by atoms with van der Waals surface area (Å²) in [7, 11) is 0. The van der Waals surface area contributed by atoms with Gasteiger partial charge in [0.15, 0.2) is 5.58 Å². The van der Waals surface area contributed by atoms with Gasteiger partial charge in [-0.25, -0.2) is 9.59 Å². The van der Waals surface area contributed by atoms with E-state index in [9.17, 15) is 9.59 Å². The Bertz CT molecular complexity index is 991. The van der Waals surface area contributed by atoms with Crippen LogP contribution in [0.15, 0.2) is 36.6 Å². The molecule has 0 fully saturated rings. The van der Waals surface area contributed by atoms with Crippen molar-refractivity contribution in [3.05, 3.63) is 55.7 Å². The molecular formula is C17H14O4. The molecule has 0 unspecified atom stereocenters. The Morgan fingerprint density at radius 1 is 0.952 bits per heavy atom. The third-order valence-corrected chi connectivity index (χ3v) is 4.23. The first kappa shape index (κ1) is 12.4. The van der Waals surface area contributed by atoms with Crippen LogP contribution in [0.5, 0.6) is 0 Å². The molecule has 4 nitrogen and oxygen atoms in total. The minimum Gasteiger partial charge on any atom is -0.422 e. The summed E-state index contributed by atoms with van der Waals surface area (Å²) in [5.74, 6) is 0. The van der Waals surface area contributed by atoms with Crippen LogP contribution in [-0.4, -0.2) is 0 Å². The van der Waals surface area contributed by atoms with Gasteiger partial charge in [0, 0.05) is 5.56 Å². The molecular weight excluding hydrogens is 268 g/mol. The molecule has 0 amide bonds. The van der Waals surface area contributed by atoms with E-state index in [0.29, 0.717) is 33.9 Å². The molecule has 0 N–H and O–H groups in total.